The molecule has 0 fully saturated rings. The fourth-order valence-electron chi connectivity index (χ4n) is 18.2. The zero-order valence-electron chi connectivity index (χ0n) is 67.4. The maximum absolute atomic E-state index is 5.59. The van der Waals surface area contributed by atoms with Gasteiger partial charge >= 0.3 is 0 Å². The molecule has 0 N–H and O–H groups in total. The molecule has 0 atom stereocenters. The van der Waals surface area contributed by atoms with Crippen molar-refractivity contribution in [3.05, 3.63) is 412 Å². The van der Waals surface area contributed by atoms with Gasteiger partial charge < -0.3 is 0 Å². The van der Waals surface area contributed by atoms with E-state index in [2.05, 4.69) is 366 Å². The standard InChI is InChI=1S/C112H76N10/c1-69-71(3)121(111(119-69)85-62-81(93-26-9-5-22-89(93)73-36-44-77(45-37-73)103-32-13-17-56-113-103)60-82(63-85)94-27-10-6-23-90(94)74-38-46-78(47-39-74)104-33-14-18-57-114-104)87-52-54-99-101(66-87)97-30-21-31-98-102-67-88(53-55-100(102)110-108(107(97)98)109(99)117-68-118-110)122-72(4)70(2)120-112(122)86-64-83(95-28-11-7-24-91(95)75-40-48-79(49-41-75)105-34-15-19-58-115-105)61-84(65-86)96-29-12-8-25-92(96)76-42-50-80(51-43-76)106-35-16-20-59-116-106/h5-68H,1-4H3. The van der Waals surface area contributed by atoms with Crippen molar-refractivity contribution in [1.29, 1.82) is 0 Å². The number of hydrogen-bond donors (Lipinski definition) is 0. The molecule has 15 aromatic carbocycles. The van der Waals surface area contributed by atoms with Crippen LogP contribution in [0.5, 0.6) is 0 Å². The van der Waals surface area contributed by atoms with E-state index in [1.54, 1.807) is 6.33 Å². The van der Waals surface area contributed by atoms with E-state index in [-0.39, 0.29) is 0 Å². The van der Waals surface area contributed by atoms with E-state index >= 15 is 0 Å². The van der Waals surface area contributed by atoms with E-state index in [0.29, 0.717) is 0 Å². The normalized spacial score (nSPS) is 11.6. The second-order valence-corrected chi connectivity index (χ2v) is 31.5. The molecule has 0 aliphatic carbocycles. The first-order chi connectivity index (χ1) is 60.1. The van der Waals surface area contributed by atoms with E-state index in [1.807, 2.05) is 73.3 Å². The van der Waals surface area contributed by atoms with E-state index < -0.39 is 0 Å². The van der Waals surface area contributed by atoms with Crippen LogP contribution in [-0.4, -0.2) is 49.0 Å². The van der Waals surface area contributed by atoms with E-state index in [4.69, 9.17) is 19.9 Å². The molecule has 22 rings (SSSR count). The van der Waals surface area contributed by atoms with Gasteiger partial charge in [-0.1, -0.05) is 249 Å². The van der Waals surface area contributed by atoms with E-state index in [1.165, 1.54) is 0 Å². The van der Waals surface area contributed by atoms with Gasteiger partial charge in [0.1, 0.15) is 18.0 Å². The molecule has 10 heteroatoms. The molecule has 7 heterocycles. The molecule has 0 radical (unpaired) electrons. The number of imidazole rings is 2. The summed E-state index contributed by atoms with van der Waals surface area (Å²) in [6.45, 7) is 8.64. The Kier molecular flexibility index (Phi) is 17.9. The van der Waals surface area contributed by atoms with Crippen LogP contribution in [-0.2, 0) is 0 Å². The first-order valence-corrected chi connectivity index (χ1v) is 41.3. The van der Waals surface area contributed by atoms with Crippen molar-refractivity contribution in [2.45, 2.75) is 27.7 Å². The third-order valence-electron chi connectivity index (χ3n) is 24.4. The summed E-state index contributed by atoms with van der Waals surface area (Å²) < 4.78 is 4.71. The molecule has 7 aromatic heterocycles. The first-order valence-electron chi connectivity index (χ1n) is 41.3. The van der Waals surface area contributed by atoms with Gasteiger partial charge in [0.05, 0.1) is 45.2 Å². The van der Waals surface area contributed by atoms with Crippen LogP contribution in [0.4, 0.5) is 0 Å². The molecule has 10 nitrogen and oxygen atoms in total. The second-order valence-electron chi connectivity index (χ2n) is 31.5. The predicted molar refractivity (Wildman–Crippen MR) is 501 cm³/mol. The lowest BCUT2D eigenvalue weighted by molar-refractivity contribution is 1.01. The summed E-state index contributed by atoms with van der Waals surface area (Å²) in [7, 11) is 0. The summed E-state index contributed by atoms with van der Waals surface area (Å²) in [5.41, 5.74) is 35.3. The molecule has 0 aliphatic heterocycles. The van der Waals surface area contributed by atoms with E-state index in [0.717, 1.165) is 245 Å². The van der Waals surface area contributed by atoms with Crippen LogP contribution in [0.15, 0.2) is 389 Å². The van der Waals surface area contributed by atoms with Gasteiger partial charge in [0.15, 0.2) is 0 Å². The summed E-state index contributed by atoms with van der Waals surface area (Å²) in [4.78, 5) is 40.4. The van der Waals surface area contributed by atoms with Gasteiger partial charge in [0.25, 0.3) is 0 Å². The lowest BCUT2D eigenvalue weighted by Gasteiger charge is -2.19. The number of aryl methyl sites for hydroxylation is 2. The monoisotopic (exact) mass is 1560 g/mol. The molecule has 0 spiro atoms. The molecular formula is C112H76N10. The number of rotatable bonds is 16. The van der Waals surface area contributed by atoms with Crippen molar-refractivity contribution in [3.8, 4) is 168 Å². The molecular weight excluding hydrogens is 1490 g/mol. The molecule has 574 valence electrons. The van der Waals surface area contributed by atoms with Crippen molar-refractivity contribution < 1.29 is 0 Å². The van der Waals surface area contributed by atoms with Crippen LogP contribution < -0.4 is 0 Å². The number of nitrogens with zero attached hydrogens (tertiary/aromatic N) is 10. The molecule has 22 aromatic rings. The second kappa shape index (κ2) is 30.2. The Morgan fingerprint density at radius 3 is 0.754 bits per heavy atom. The Morgan fingerprint density at radius 1 is 0.197 bits per heavy atom. The molecule has 0 saturated heterocycles. The number of aromatic nitrogens is 10. The van der Waals surface area contributed by atoms with Crippen LogP contribution in [0, 0.1) is 27.7 Å². The highest BCUT2D eigenvalue weighted by molar-refractivity contribution is 6.38. The minimum atomic E-state index is 0.836. The van der Waals surface area contributed by atoms with Crippen molar-refractivity contribution in [2.24, 2.45) is 0 Å². The van der Waals surface area contributed by atoms with Gasteiger partial charge in [-0.3, -0.25) is 29.1 Å². The maximum Gasteiger partial charge on any atom is 0.145 e. The molecule has 0 bridgehead atoms. The van der Waals surface area contributed by atoms with Crippen LogP contribution in [0.3, 0.4) is 0 Å². The lowest BCUT2D eigenvalue weighted by atomic mass is 9.88. The van der Waals surface area contributed by atoms with Gasteiger partial charge in [0.2, 0.25) is 0 Å². The number of pyridine rings is 4. The Labute approximate surface area is 706 Å². The molecule has 0 aliphatic rings. The fourth-order valence-corrected chi connectivity index (χ4v) is 18.2. The quantitative estimate of drug-likeness (QED) is 0.0694. The van der Waals surface area contributed by atoms with Crippen molar-refractivity contribution in [1.82, 2.24) is 49.0 Å². The third kappa shape index (κ3) is 12.8. The number of benzene rings is 15. The highest BCUT2D eigenvalue weighted by Crippen LogP contribution is 2.49. The zero-order valence-corrected chi connectivity index (χ0v) is 67.4. The SMILES string of the molecule is Cc1nc(-c2cc(-c3ccccc3-c3ccc(-c4ccccn4)cc3)cc(-c3ccccc3-c3ccc(-c4ccccn4)cc3)c2)n(-c2ccc3c(c2)c2cccc4c5cc(-n6c(-c7cc(-c8ccccc8-c8ccc(-c9ccccn9)cc8)cc(-c8ccccc8-c8ccc(-c9ccccn9)cc8)c7)nc(C)c6C)ccc5c5ncnc3c5c24)c1C. The van der Waals surface area contributed by atoms with Gasteiger partial charge in [-0.15, -0.1) is 0 Å². The zero-order chi connectivity index (χ0) is 81.5. The average Bonchev–Trinajstić information content (AvgIpc) is 1.57. The minimum absolute atomic E-state index is 0.836. The molecule has 0 amide bonds. The summed E-state index contributed by atoms with van der Waals surface area (Å²) in [6.07, 6.45) is 9.13. The Morgan fingerprint density at radius 2 is 0.467 bits per heavy atom. The number of fused-ring (bicyclic) bond motifs is 6. The predicted octanol–water partition coefficient (Wildman–Crippen LogP) is 28.2. The smallest absolute Gasteiger partial charge is 0.145 e. The average molecular weight is 1560 g/mol. The van der Waals surface area contributed by atoms with Gasteiger partial charge in [-0.25, -0.2) is 19.9 Å². The Balaban J connectivity index is 0.689. The van der Waals surface area contributed by atoms with Gasteiger partial charge in [0, 0.05) is 102 Å². The number of hydrogen-bond acceptors (Lipinski definition) is 8. The minimum Gasteiger partial charge on any atom is -0.297 e. The van der Waals surface area contributed by atoms with Crippen LogP contribution >= 0.6 is 0 Å². The Hall–Kier alpha value is -16.0. The van der Waals surface area contributed by atoms with Crippen LogP contribution in [0.2, 0.25) is 0 Å². The highest BCUT2D eigenvalue weighted by atomic mass is 15.1. The maximum atomic E-state index is 5.59. The summed E-state index contributed by atoms with van der Waals surface area (Å²) in [5.74, 6) is 1.67. The largest absolute Gasteiger partial charge is 0.297 e. The first kappa shape index (κ1) is 72.4. The summed E-state index contributed by atoms with van der Waals surface area (Å²) in [6, 6.07) is 129. The van der Waals surface area contributed by atoms with Crippen LogP contribution in [0.1, 0.15) is 22.8 Å². The van der Waals surface area contributed by atoms with Crippen molar-refractivity contribution in [3.63, 3.8) is 0 Å². The van der Waals surface area contributed by atoms with Crippen molar-refractivity contribution in [2.75, 3.05) is 0 Å². The van der Waals surface area contributed by atoms with Crippen molar-refractivity contribution >= 4 is 54.1 Å². The van der Waals surface area contributed by atoms with Crippen LogP contribution in [0.25, 0.3) is 222 Å². The molecule has 0 unspecified atom stereocenters. The molecule has 122 heavy (non-hydrogen) atoms. The molecule has 0 saturated carbocycles. The fraction of sp³-hybridized carbons (Fsp3) is 0.0357. The summed E-state index contributed by atoms with van der Waals surface area (Å²) in [5, 5.41) is 8.64. The van der Waals surface area contributed by atoms with E-state index in [9.17, 15) is 0 Å². The Bertz CT molecular complexity index is 7050. The van der Waals surface area contributed by atoms with Gasteiger partial charge in [-0.2, -0.15) is 0 Å². The van der Waals surface area contributed by atoms with Gasteiger partial charge in [-0.05, 0) is 247 Å². The summed E-state index contributed by atoms with van der Waals surface area (Å²) >= 11 is 0. The topological polar surface area (TPSA) is 113 Å². The lowest BCUT2D eigenvalue weighted by Crippen LogP contribution is -2.02. The highest BCUT2D eigenvalue weighted by Gasteiger charge is 2.26. The third-order valence-corrected chi connectivity index (χ3v) is 24.4.